The Morgan fingerprint density at radius 1 is 1.31 bits per heavy atom. The second kappa shape index (κ2) is 8.10. The van der Waals surface area contributed by atoms with E-state index in [1.165, 1.54) is 0 Å². The summed E-state index contributed by atoms with van der Waals surface area (Å²) in [7, 11) is 0. The molecule has 1 atom stereocenters. The fraction of sp³-hybridized carbons (Fsp3) is 0.263. The van der Waals surface area contributed by atoms with Gasteiger partial charge in [0.1, 0.15) is 18.1 Å². The molecular weight excluding hydrogens is 354 g/mol. The van der Waals surface area contributed by atoms with Gasteiger partial charge in [0.15, 0.2) is 5.76 Å². The summed E-state index contributed by atoms with van der Waals surface area (Å²) in [6.07, 6.45) is 1.88. The molecule has 3 aromatic rings. The van der Waals surface area contributed by atoms with Gasteiger partial charge in [-0.3, -0.25) is 9.48 Å². The fourth-order valence-corrected chi connectivity index (χ4v) is 2.60. The van der Waals surface area contributed by atoms with Gasteiger partial charge in [0.25, 0.3) is 5.91 Å². The van der Waals surface area contributed by atoms with Crippen LogP contribution in [-0.2, 0) is 13.2 Å². The lowest BCUT2D eigenvalue weighted by Crippen LogP contribution is -2.26. The largest absolute Gasteiger partial charge is 0.484 e. The molecule has 6 nitrogen and oxygen atoms in total. The Bertz CT molecular complexity index is 888. The molecule has 1 aromatic carbocycles. The van der Waals surface area contributed by atoms with Gasteiger partial charge in [0, 0.05) is 12.7 Å². The van der Waals surface area contributed by atoms with Crippen LogP contribution in [0, 0.1) is 0 Å². The van der Waals surface area contributed by atoms with Gasteiger partial charge in [-0.05, 0) is 44.2 Å². The first-order valence-electron chi connectivity index (χ1n) is 8.37. The highest BCUT2D eigenvalue weighted by molar-refractivity contribution is 6.32. The van der Waals surface area contributed by atoms with Gasteiger partial charge in [0.05, 0.1) is 16.8 Å². The summed E-state index contributed by atoms with van der Waals surface area (Å²) in [4.78, 5) is 12.3. The van der Waals surface area contributed by atoms with Crippen molar-refractivity contribution in [1.82, 2.24) is 15.1 Å². The highest BCUT2D eigenvalue weighted by Gasteiger charge is 2.17. The van der Waals surface area contributed by atoms with Crippen molar-refractivity contribution in [3.63, 3.8) is 0 Å². The van der Waals surface area contributed by atoms with E-state index in [0.717, 1.165) is 12.2 Å². The van der Waals surface area contributed by atoms with Crippen LogP contribution in [0.3, 0.4) is 0 Å². The number of aromatic nitrogens is 2. The maximum atomic E-state index is 12.3. The topological polar surface area (TPSA) is 69.3 Å². The SMILES string of the molecule is CCn1ccc(C(C)NC(=O)c2ccc(COc3ccccc3Cl)o2)n1. The Hall–Kier alpha value is -2.73. The molecule has 0 spiro atoms. The molecule has 0 bridgehead atoms. The predicted molar refractivity (Wildman–Crippen MR) is 98.3 cm³/mol. The van der Waals surface area contributed by atoms with Gasteiger partial charge in [-0.15, -0.1) is 0 Å². The second-order valence-electron chi connectivity index (χ2n) is 5.78. The van der Waals surface area contributed by atoms with Crippen LogP contribution in [0.4, 0.5) is 0 Å². The summed E-state index contributed by atoms with van der Waals surface area (Å²) in [6.45, 7) is 4.86. The first kappa shape index (κ1) is 18.1. The van der Waals surface area contributed by atoms with E-state index in [0.29, 0.717) is 16.5 Å². The summed E-state index contributed by atoms with van der Waals surface area (Å²) in [5, 5.41) is 7.79. The summed E-state index contributed by atoms with van der Waals surface area (Å²) in [5.41, 5.74) is 0.800. The van der Waals surface area contributed by atoms with Crippen LogP contribution in [0.1, 0.15) is 41.9 Å². The third-order valence-electron chi connectivity index (χ3n) is 3.87. The number of nitrogens with one attached hydrogen (secondary N) is 1. The molecule has 2 aromatic heterocycles. The molecule has 0 fully saturated rings. The van der Waals surface area contributed by atoms with Crippen LogP contribution in [0.15, 0.2) is 53.1 Å². The first-order chi connectivity index (χ1) is 12.6. The molecule has 0 aliphatic carbocycles. The normalized spacial score (nSPS) is 12.0. The van der Waals surface area contributed by atoms with Gasteiger partial charge < -0.3 is 14.5 Å². The lowest BCUT2D eigenvalue weighted by Gasteiger charge is -2.10. The van der Waals surface area contributed by atoms with Crippen LogP contribution in [0.25, 0.3) is 0 Å². The van der Waals surface area contributed by atoms with Crippen molar-refractivity contribution in [2.45, 2.75) is 33.0 Å². The third kappa shape index (κ3) is 4.26. The van der Waals surface area contributed by atoms with E-state index in [-0.39, 0.29) is 24.3 Å². The number of amides is 1. The Kier molecular flexibility index (Phi) is 5.63. The van der Waals surface area contributed by atoms with Crippen molar-refractivity contribution in [3.8, 4) is 5.75 Å². The summed E-state index contributed by atoms with van der Waals surface area (Å²) in [5.74, 6) is 1.03. The fourth-order valence-electron chi connectivity index (χ4n) is 2.41. The minimum Gasteiger partial charge on any atom is -0.484 e. The number of para-hydroxylation sites is 1. The zero-order valence-electron chi connectivity index (χ0n) is 14.6. The van der Waals surface area contributed by atoms with E-state index in [1.807, 2.05) is 42.9 Å². The van der Waals surface area contributed by atoms with Crippen LogP contribution in [0.5, 0.6) is 5.75 Å². The zero-order valence-corrected chi connectivity index (χ0v) is 15.4. The Labute approximate surface area is 156 Å². The van der Waals surface area contributed by atoms with Gasteiger partial charge in [0.2, 0.25) is 0 Å². The molecule has 1 N–H and O–H groups in total. The van der Waals surface area contributed by atoms with Crippen molar-refractivity contribution in [2.24, 2.45) is 0 Å². The molecule has 0 aliphatic rings. The molecule has 0 aliphatic heterocycles. The maximum absolute atomic E-state index is 12.3. The van der Waals surface area contributed by atoms with Crippen LogP contribution >= 0.6 is 11.6 Å². The van der Waals surface area contributed by atoms with Crippen molar-refractivity contribution < 1.29 is 13.9 Å². The third-order valence-corrected chi connectivity index (χ3v) is 4.18. The number of ether oxygens (including phenoxy) is 1. The average molecular weight is 374 g/mol. The number of nitrogens with zero attached hydrogens (tertiary/aromatic N) is 2. The summed E-state index contributed by atoms with van der Waals surface area (Å²) < 4.78 is 13.0. The van der Waals surface area contributed by atoms with E-state index in [1.54, 1.807) is 24.3 Å². The highest BCUT2D eigenvalue weighted by atomic mass is 35.5. The number of carbonyl (C=O) groups excluding carboxylic acids is 1. The molecule has 0 saturated heterocycles. The second-order valence-corrected chi connectivity index (χ2v) is 6.18. The maximum Gasteiger partial charge on any atom is 0.287 e. The summed E-state index contributed by atoms with van der Waals surface area (Å²) in [6, 6.07) is 12.2. The number of furan rings is 1. The quantitative estimate of drug-likeness (QED) is 0.673. The van der Waals surface area contributed by atoms with Crippen LogP contribution in [0.2, 0.25) is 5.02 Å². The van der Waals surface area contributed by atoms with Crippen molar-refractivity contribution in [1.29, 1.82) is 0 Å². The number of hydrogen-bond acceptors (Lipinski definition) is 4. The Balaban J connectivity index is 1.58. The smallest absolute Gasteiger partial charge is 0.287 e. The number of benzene rings is 1. The first-order valence-corrected chi connectivity index (χ1v) is 8.75. The number of hydrogen-bond donors (Lipinski definition) is 1. The monoisotopic (exact) mass is 373 g/mol. The number of rotatable bonds is 7. The molecule has 26 heavy (non-hydrogen) atoms. The Morgan fingerprint density at radius 3 is 2.85 bits per heavy atom. The van der Waals surface area contributed by atoms with Crippen molar-refractivity contribution in [3.05, 3.63) is 70.9 Å². The van der Waals surface area contributed by atoms with E-state index in [2.05, 4.69) is 10.4 Å². The van der Waals surface area contributed by atoms with Gasteiger partial charge in [-0.25, -0.2) is 0 Å². The van der Waals surface area contributed by atoms with Gasteiger partial charge in [-0.1, -0.05) is 23.7 Å². The number of aryl methyl sites for hydroxylation is 1. The van der Waals surface area contributed by atoms with Gasteiger partial charge >= 0.3 is 0 Å². The van der Waals surface area contributed by atoms with E-state index in [4.69, 9.17) is 20.8 Å². The Morgan fingerprint density at radius 2 is 2.12 bits per heavy atom. The summed E-state index contributed by atoms with van der Waals surface area (Å²) >= 11 is 6.05. The standard InChI is InChI=1S/C19H20ClN3O3/c1-3-23-11-10-16(22-23)13(2)21-19(24)18-9-8-14(26-18)12-25-17-7-5-4-6-15(17)20/h4-11,13H,3,12H2,1-2H3,(H,21,24). The lowest BCUT2D eigenvalue weighted by atomic mass is 10.2. The molecule has 0 saturated carbocycles. The van der Waals surface area contributed by atoms with Crippen molar-refractivity contribution in [2.75, 3.05) is 0 Å². The lowest BCUT2D eigenvalue weighted by molar-refractivity contribution is 0.0907. The predicted octanol–water partition coefficient (Wildman–Crippen LogP) is 4.22. The highest BCUT2D eigenvalue weighted by Crippen LogP contribution is 2.24. The minimum atomic E-state index is -0.299. The van der Waals surface area contributed by atoms with E-state index >= 15 is 0 Å². The van der Waals surface area contributed by atoms with Gasteiger partial charge in [-0.2, -0.15) is 5.10 Å². The van der Waals surface area contributed by atoms with E-state index < -0.39 is 0 Å². The molecule has 1 unspecified atom stereocenters. The molecular formula is C19H20ClN3O3. The number of halogens is 1. The molecule has 0 radical (unpaired) electrons. The molecule has 136 valence electrons. The molecule has 2 heterocycles. The zero-order chi connectivity index (χ0) is 18.5. The van der Waals surface area contributed by atoms with Crippen molar-refractivity contribution >= 4 is 17.5 Å². The van der Waals surface area contributed by atoms with Crippen LogP contribution in [-0.4, -0.2) is 15.7 Å². The molecule has 1 amide bonds. The van der Waals surface area contributed by atoms with E-state index in [9.17, 15) is 4.79 Å². The minimum absolute atomic E-state index is 0.188. The molecule has 3 rings (SSSR count). The number of carbonyl (C=O) groups is 1. The van der Waals surface area contributed by atoms with Crippen LogP contribution < -0.4 is 10.1 Å². The average Bonchev–Trinajstić information content (AvgIpc) is 3.30. The molecule has 7 heteroatoms.